The van der Waals surface area contributed by atoms with Crippen LogP contribution in [0.4, 0.5) is 19.0 Å². The van der Waals surface area contributed by atoms with Crippen LogP contribution in [0.5, 0.6) is 5.88 Å². The second-order valence-corrected chi connectivity index (χ2v) is 5.61. The Morgan fingerprint density at radius 2 is 2.04 bits per heavy atom. The van der Waals surface area contributed by atoms with E-state index in [0.29, 0.717) is 11.3 Å². The molecule has 6 nitrogen and oxygen atoms in total. The first-order valence-corrected chi connectivity index (χ1v) is 7.22. The molecule has 0 aliphatic carbocycles. The van der Waals surface area contributed by atoms with Crippen LogP contribution in [-0.2, 0) is 6.18 Å². The third kappa shape index (κ3) is 2.49. The molecule has 24 heavy (non-hydrogen) atoms. The lowest BCUT2D eigenvalue weighted by Gasteiger charge is -2.31. The molecule has 0 N–H and O–H groups in total. The van der Waals surface area contributed by atoms with Gasteiger partial charge in [-0.05, 0) is 26.0 Å². The van der Waals surface area contributed by atoms with Gasteiger partial charge in [-0.25, -0.2) is 0 Å². The van der Waals surface area contributed by atoms with Gasteiger partial charge >= 0.3 is 6.18 Å². The Labute approximate surface area is 135 Å². The van der Waals surface area contributed by atoms with E-state index in [4.69, 9.17) is 4.74 Å². The number of anilines is 1. The Morgan fingerprint density at radius 3 is 2.67 bits per heavy atom. The quantitative estimate of drug-likeness (QED) is 0.843. The van der Waals surface area contributed by atoms with Crippen molar-refractivity contribution in [3.05, 3.63) is 35.2 Å². The van der Waals surface area contributed by atoms with E-state index in [1.54, 1.807) is 17.8 Å². The summed E-state index contributed by atoms with van der Waals surface area (Å²) >= 11 is 0. The number of aryl methyl sites for hydroxylation is 1. The fourth-order valence-corrected chi connectivity index (χ4v) is 2.75. The predicted octanol–water partition coefficient (Wildman–Crippen LogP) is 2.84. The van der Waals surface area contributed by atoms with E-state index >= 15 is 0 Å². The van der Waals surface area contributed by atoms with Crippen LogP contribution in [0.1, 0.15) is 34.6 Å². The van der Waals surface area contributed by atoms with Crippen molar-refractivity contribution in [2.45, 2.75) is 26.1 Å². The number of pyridine rings is 1. The fourth-order valence-electron chi connectivity index (χ4n) is 2.75. The Hall–Kier alpha value is -2.58. The zero-order valence-corrected chi connectivity index (χ0v) is 13.3. The summed E-state index contributed by atoms with van der Waals surface area (Å²) in [4.78, 5) is 17.9. The lowest BCUT2D eigenvalue weighted by molar-refractivity contribution is -0.139. The summed E-state index contributed by atoms with van der Waals surface area (Å²) in [5.74, 6) is -0.794. The van der Waals surface area contributed by atoms with E-state index < -0.39 is 17.6 Å². The van der Waals surface area contributed by atoms with Crippen molar-refractivity contribution in [1.82, 2.24) is 14.8 Å². The molecule has 3 heterocycles. The molecule has 1 amide bonds. The Kier molecular flexibility index (Phi) is 3.73. The molecule has 0 fully saturated rings. The van der Waals surface area contributed by atoms with Gasteiger partial charge in [0.1, 0.15) is 17.1 Å². The fraction of sp³-hybridized carbons (Fsp3) is 0.400. The van der Waals surface area contributed by atoms with Crippen molar-refractivity contribution in [3.8, 4) is 5.88 Å². The average Bonchev–Trinajstić information content (AvgIpc) is 2.92. The highest BCUT2D eigenvalue weighted by Gasteiger charge is 2.37. The van der Waals surface area contributed by atoms with Crippen LogP contribution < -0.4 is 9.64 Å². The van der Waals surface area contributed by atoms with Crippen LogP contribution in [0, 0.1) is 6.92 Å². The van der Waals surface area contributed by atoms with E-state index in [1.165, 1.54) is 11.0 Å². The molecule has 0 radical (unpaired) electrons. The maximum absolute atomic E-state index is 12.9. The van der Waals surface area contributed by atoms with E-state index in [9.17, 15) is 18.0 Å². The van der Waals surface area contributed by atoms with Crippen molar-refractivity contribution in [3.63, 3.8) is 0 Å². The van der Waals surface area contributed by atoms with Gasteiger partial charge in [0.15, 0.2) is 0 Å². The van der Waals surface area contributed by atoms with Crippen LogP contribution >= 0.6 is 0 Å². The zero-order valence-electron chi connectivity index (χ0n) is 13.3. The summed E-state index contributed by atoms with van der Waals surface area (Å²) in [5, 5.41) is 4.17. The molecule has 0 saturated heterocycles. The van der Waals surface area contributed by atoms with Crippen LogP contribution in [0.3, 0.4) is 0 Å². The lowest BCUT2D eigenvalue weighted by atomic mass is 10.1. The monoisotopic (exact) mass is 340 g/mol. The molecule has 1 atom stereocenters. The molecule has 2 aromatic heterocycles. The number of halogens is 3. The highest BCUT2D eigenvalue weighted by molar-refractivity contribution is 6.06. The maximum atomic E-state index is 12.9. The van der Waals surface area contributed by atoms with Gasteiger partial charge in [-0.3, -0.25) is 14.4 Å². The molecule has 0 aromatic carbocycles. The number of ether oxygens (including phenoxy) is 1. The second-order valence-electron chi connectivity index (χ2n) is 5.61. The Morgan fingerprint density at radius 1 is 1.33 bits per heavy atom. The van der Waals surface area contributed by atoms with Crippen LogP contribution in [0.15, 0.2) is 18.3 Å². The number of methoxy groups -OCH3 is 1. The standard InChI is InChI=1S/C15H15F3N4O2/c1-8-6-19-22-9(2)7-21(14(23)12(8)22)11-5-4-10(15(16,17)18)13(20-11)24-3/h4-6,9H,7H2,1-3H3. The minimum atomic E-state index is -4.58. The second kappa shape index (κ2) is 5.50. The van der Waals surface area contributed by atoms with Crippen molar-refractivity contribution in [2.75, 3.05) is 18.6 Å². The molecule has 1 unspecified atom stereocenters. The highest BCUT2D eigenvalue weighted by atomic mass is 19.4. The van der Waals surface area contributed by atoms with Gasteiger partial charge in [-0.15, -0.1) is 0 Å². The molecule has 0 saturated carbocycles. The SMILES string of the molecule is COc1nc(N2CC(C)n3ncc(C)c3C2=O)ccc1C(F)(F)F. The number of hydrogen-bond donors (Lipinski definition) is 0. The van der Waals surface area contributed by atoms with Crippen LogP contribution in [0.25, 0.3) is 0 Å². The van der Waals surface area contributed by atoms with Gasteiger partial charge < -0.3 is 4.74 Å². The van der Waals surface area contributed by atoms with Gasteiger partial charge in [0, 0.05) is 12.1 Å². The maximum Gasteiger partial charge on any atom is 0.421 e. The molecule has 0 bridgehead atoms. The third-order valence-corrected chi connectivity index (χ3v) is 3.91. The third-order valence-electron chi connectivity index (χ3n) is 3.91. The molecule has 3 rings (SSSR count). The van der Waals surface area contributed by atoms with Gasteiger partial charge in [0.25, 0.3) is 5.91 Å². The minimum absolute atomic E-state index is 0.114. The number of fused-ring (bicyclic) bond motifs is 1. The van der Waals surface area contributed by atoms with Gasteiger partial charge in [-0.2, -0.15) is 23.3 Å². The van der Waals surface area contributed by atoms with Crippen molar-refractivity contribution >= 4 is 11.7 Å². The van der Waals surface area contributed by atoms with E-state index in [2.05, 4.69) is 10.1 Å². The molecule has 9 heteroatoms. The van der Waals surface area contributed by atoms with Gasteiger partial charge in [-0.1, -0.05) is 0 Å². The molecular formula is C15H15F3N4O2. The van der Waals surface area contributed by atoms with E-state index in [-0.39, 0.29) is 24.3 Å². The summed E-state index contributed by atoms with van der Waals surface area (Å²) in [5.41, 5.74) is 0.136. The van der Waals surface area contributed by atoms with Gasteiger partial charge in [0.05, 0.1) is 19.3 Å². The van der Waals surface area contributed by atoms with Gasteiger partial charge in [0.2, 0.25) is 5.88 Å². The molecule has 2 aromatic rings. The minimum Gasteiger partial charge on any atom is -0.481 e. The molecule has 1 aliphatic heterocycles. The molecule has 1 aliphatic rings. The number of amides is 1. The predicted molar refractivity (Wildman–Crippen MR) is 79.1 cm³/mol. The van der Waals surface area contributed by atoms with Crippen molar-refractivity contribution in [2.24, 2.45) is 0 Å². The summed E-state index contributed by atoms with van der Waals surface area (Å²) < 4.78 is 45.2. The average molecular weight is 340 g/mol. The van der Waals surface area contributed by atoms with Crippen molar-refractivity contribution in [1.29, 1.82) is 0 Å². The topological polar surface area (TPSA) is 60.2 Å². The van der Waals surface area contributed by atoms with E-state index in [0.717, 1.165) is 13.2 Å². The lowest BCUT2D eigenvalue weighted by Crippen LogP contribution is -2.43. The largest absolute Gasteiger partial charge is 0.481 e. The first-order chi connectivity index (χ1) is 11.2. The number of carbonyl (C=O) groups excluding carboxylic acids is 1. The summed E-state index contributed by atoms with van der Waals surface area (Å²) in [6.07, 6.45) is -2.99. The normalized spacial score (nSPS) is 17.8. The van der Waals surface area contributed by atoms with Crippen molar-refractivity contribution < 1.29 is 22.7 Å². The molecule has 0 spiro atoms. The number of hydrogen-bond acceptors (Lipinski definition) is 4. The first kappa shape index (κ1) is 16.3. The van der Waals surface area contributed by atoms with E-state index in [1.807, 2.05) is 6.92 Å². The number of alkyl halides is 3. The number of nitrogens with zero attached hydrogens (tertiary/aromatic N) is 4. The first-order valence-electron chi connectivity index (χ1n) is 7.22. The molecular weight excluding hydrogens is 325 g/mol. The summed E-state index contributed by atoms with van der Waals surface area (Å²) in [6.45, 7) is 3.89. The van der Waals surface area contributed by atoms with Crippen LogP contribution in [-0.4, -0.2) is 34.3 Å². The zero-order chi connectivity index (χ0) is 17.6. The number of aromatic nitrogens is 3. The van der Waals surface area contributed by atoms with Crippen LogP contribution in [0.2, 0.25) is 0 Å². The summed E-state index contributed by atoms with van der Waals surface area (Å²) in [6, 6.07) is 1.93. The summed E-state index contributed by atoms with van der Waals surface area (Å²) in [7, 11) is 1.11. The Bertz CT molecular complexity index is 801. The Balaban J connectivity index is 2.04. The highest BCUT2D eigenvalue weighted by Crippen LogP contribution is 2.37. The molecule has 128 valence electrons. The smallest absolute Gasteiger partial charge is 0.421 e. The number of rotatable bonds is 2. The number of carbonyl (C=O) groups is 1.